The maximum atomic E-state index is 12.1. The van der Waals surface area contributed by atoms with Crippen molar-refractivity contribution in [1.82, 2.24) is 19.7 Å². The number of hydrogen-bond donors (Lipinski definition) is 1. The van der Waals surface area contributed by atoms with Crippen molar-refractivity contribution >= 4 is 28.8 Å². The second-order valence-corrected chi connectivity index (χ2v) is 6.84. The lowest BCUT2D eigenvalue weighted by Gasteiger charge is -2.38. The van der Waals surface area contributed by atoms with E-state index in [0.717, 1.165) is 31.9 Å². The normalized spacial score (nSPS) is 15.6. The molecule has 1 aliphatic heterocycles. The van der Waals surface area contributed by atoms with Gasteiger partial charge in [-0.1, -0.05) is 11.6 Å². The summed E-state index contributed by atoms with van der Waals surface area (Å²) in [6.07, 6.45) is 1.83. The molecule has 1 saturated heterocycles. The van der Waals surface area contributed by atoms with Crippen LogP contribution in [0.3, 0.4) is 0 Å². The van der Waals surface area contributed by atoms with Crippen LogP contribution in [-0.4, -0.2) is 51.9 Å². The summed E-state index contributed by atoms with van der Waals surface area (Å²) in [4.78, 5) is 21.3. The van der Waals surface area contributed by atoms with Crippen molar-refractivity contribution in [2.75, 3.05) is 36.4 Å². The summed E-state index contributed by atoms with van der Waals surface area (Å²) in [5.74, 6) is 0.601. The van der Waals surface area contributed by atoms with Crippen LogP contribution in [0.4, 0.5) is 17.2 Å². The lowest BCUT2D eigenvalue weighted by Crippen LogP contribution is -2.48. The first-order chi connectivity index (χ1) is 11.9. The maximum absolute atomic E-state index is 12.1. The van der Waals surface area contributed by atoms with Gasteiger partial charge in [-0.05, 0) is 26.0 Å². The molecule has 7 nitrogen and oxygen atoms in total. The number of aryl methyl sites for hydroxylation is 1. The monoisotopic (exact) mass is 362 g/mol. The Labute approximate surface area is 152 Å². The number of hydrogen-bond acceptors (Lipinski definition) is 6. The van der Waals surface area contributed by atoms with E-state index < -0.39 is 0 Å². The van der Waals surface area contributed by atoms with Gasteiger partial charge in [0.25, 0.3) is 5.56 Å². The van der Waals surface area contributed by atoms with Crippen molar-refractivity contribution in [3.63, 3.8) is 0 Å². The molecule has 1 aliphatic rings. The van der Waals surface area contributed by atoms with Crippen molar-refractivity contribution in [1.29, 1.82) is 0 Å². The second-order valence-electron chi connectivity index (χ2n) is 6.45. The molecule has 0 aliphatic carbocycles. The topological polar surface area (TPSA) is 66.3 Å². The Hall–Kier alpha value is -2.12. The molecule has 1 N–H and O–H groups in total. The minimum atomic E-state index is -0.250. The van der Waals surface area contributed by atoms with Crippen molar-refractivity contribution in [2.45, 2.75) is 19.9 Å². The van der Waals surface area contributed by atoms with Crippen LogP contribution in [0.5, 0.6) is 0 Å². The van der Waals surface area contributed by atoms with Gasteiger partial charge in [0.05, 0.1) is 11.9 Å². The number of nitrogens with zero attached hydrogens (tertiary/aromatic N) is 5. The summed E-state index contributed by atoms with van der Waals surface area (Å²) in [6, 6.07) is 5.98. The molecule has 25 heavy (non-hydrogen) atoms. The van der Waals surface area contributed by atoms with E-state index in [9.17, 15) is 4.79 Å². The molecule has 134 valence electrons. The zero-order valence-corrected chi connectivity index (χ0v) is 15.5. The highest BCUT2D eigenvalue weighted by molar-refractivity contribution is 6.29. The molecular formula is C17H23ClN6O. The molecule has 2 aromatic rings. The van der Waals surface area contributed by atoms with Crippen LogP contribution >= 0.6 is 11.6 Å². The van der Waals surface area contributed by atoms with Gasteiger partial charge in [0.1, 0.15) is 11.5 Å². The van der Waals surface area contributed by atoms with E-state index in [4.69, 9.17) is 11.6 Å². The van der Waals surface area contributed by atoms with Gasteiger partial charge < -0.3 is 10.2 Å². The van der Waals surface area contributed by atoms with Crippen LogP contribution in [0.25, 0.3) is 0 Å². The van der Waals surface area contributed by atoms with Crippen molar-refractivity contribution < 1.29 is 0 Å². The zero-order chi connectivity index (χ0) is 18.0. The van der Waals surface area contributed by atoms with Gasteiger partial charge in [0.15, 0.2) is 5.15 Å². The van der Waals surface area contributed by atoms with E-state index in [1.54, 1.807) is 7.05 Å². The molecule has 3 rings (SSSR count). The van der Waals surface area contributed by atoms with Gasteiger partial charge >= 0.3 is 0 Å². The van der Waals surface area contributed by atoms with Gasteiger partial charge in [-0.3, -0.25) is 9.69 Å². The van der Waals surface area contributed by atoms with Crippen molar-refractivity contribution in [2.24, 2.45) is 7.05 Å². The second kappa shape index (κ2) is 7.41. The largest absolute Gasteiger partial charge is 0.368 e. The molecule has 0 aromatic carbocycles. The SMILES string of the molecule is CC(C)N1CCN(c2ccc(Nc3cc(Cl)nn(C)c3=O)nc2)CC1. The first-order valence-electron chi connectivity index (χ1n) is 8.40. The summed E-state index contributed by atoms with van der Waals surface area (Å²) in [7, 11) is 1.56. The predicted octanol–water partition coefficient (Wildman–Crippen LogP) is 2.10. The van der Waals surface area contributed by atoms with E-state index in [2.05, 4.69) is 39.0 Å². The van der Waals surface area contributed by atoms with Crippen molar-refractivity contribution in [3.05, 3.63) is 39.9 Å². The van der Waals surface area contributed by atoms with Gasteiger partial charge in [0.2, 0.25) is 0 Å². The molecule has 0 atom stereocenters. The Morgan fingerprint density at radius 3 is 2.52 bits per heavy atom. The minimum absolute atomic E-state index is 0.250. The number of nitrogens with one attached hydrogen (secondary N) is 1. The van der Waals surface area contributed by atoms with Crippen LogP contribution in [0.2, 0.25) is 5.15 Å². The molecule has 0 spiro atoms. The lowest BCUT2D eigenvalue weighted by atomic mass is 10.2. The highest BCUT2D eigenvalue weighted by atomic mass is 35.5. The molecule has 2 aromatic heterocycles. The van der Waals surface area contributed by atoms with Gasteiger partial charge in [-0.2, -0.15) is 5.10 Å². The number of halogens is 1. The third kappa shape index (κ3) is 4.11. The van der Waals surface area contributed by atoms with Gasteiger partial charge in [0, 0.05) is 45.3 Å². The molecule has 0 amide bonds. The highest BCUT2D eigenvalue weighted by Crippen LogP contribution is 2.19. The van der Waals surface area contributed by atoms with E-state index in [1.165, 1.54) is 10.7 Å². The van der Waals surface area contributed by atoms with E-state index in [0.29, 0.717) is 17.5 Å². The molecule has 0 radical (unpaired) electrons. The summed E-state index contributed by atoms with van der Waals surface area (Å²) in [5, 5.41) is 7.13. The van der Waals surface area contributed by atoms with Crippen LogP contribution in [0.1, 0.15) is 13.8 Å². The van der Waals surface area contributed by atoms with E-state index in [-0.39, 0.29) is 10.7 Å². The van der Waals surface area contributed by atoms with Crippen LogP contribution in [-0.2, 0) is 7.05 Å². The highest BCUT2D eigenvalue weighted by Gasteiger charge is 2.19. The van der Waals surface area contributed by atoms with E-state index in [1.807, 2.05) is 18.3 Å². The Bertz CT molecular complexity index is 781. The molecule has 0 bridgehead atoms. The fourth-order valence-electron chi connectivity index (χ4n) is 2.94. The third-order valence-corrected chi connectivity index (χ3v) is 4.64. The molecule has 0 saturated carbocycles. The number of anilines is 3. The average molecular weight is 363 g/mol. The Kier molecular flexibility index (Phi) is 5.24. The predicted molar refractivity (Wildman–Crippen MR) is 101 cm³/mol. The smallest absolute Gasteiger partial charge is 0.290 e. The molecule has 8 heteroatoms. The summed E-state index contributed by atoms with van der Waals surface area (Å²) >= 11 is 5.91. The number of aromatic nitrogens is 3. The van der Waals surface area contributed by atoms with Crippen LogP contribution < -0.4 is 15.8 Å². The Balaban J connectivity index is 1.68. The van der Waals surface area contributed by atoms with E-state index >= 15 is 0 Å². The maximum Gasteiger partial charge on any atom is 0.290 e. The van der Waals surface area contributed by atoms with Crippen LogP contribution in [0, 0.1) is 0 Å². The summed E-state index contributed by atoms with van der Waals surface area (Å²) in [6.45, 7) is 8.56. The van der Waals surface area contributed by atoms with Gasteiger partial charge in [-0.15, -0.1) is 0 Å². The first-order valence-corrected chi connectivity index (χ1v) is 8.78. The molecule has 0 unspecified atom stereocenters. The van der Waals surface area contributed by atoms with Gasteiger partial charge in [-0.25, -0.2) is 9.67 Å². The summed E-state index contributed by atoms with van der Waals surface area (Å²) in [5.41, 5.74) is 1.20. The number of rotatable bonds is 4. The Morgan fingerprint density at radius 2 is 1.92 bits per heavy atom. The fraction of sp³-hybridized carbons (Fsp3) is 0.471. The number of piperazine rings is 1. The third-order valence-electron chi connectivity index (χ3n) is 4.45. The fourth-order valence-corrected chi connectivity index (χ4v) is 3.17. The standard InChI is InChI=1S/C17H23ClN6O/c1-12(2)23-6-8-24(9-7-23)13-4-5-16(19-11-13)20-14-10-15(18)21-22(3)17(14)25/h4-5,10-12H,6-9H2,1-3H3,(H,19,20). The minimum Gasteiger partial charge on any atom is -0.368 e. The number of pyridine rings is 1. The average Bonchev–Trinajstić information content (AvgIpc) is 2.60. The first kappa shape index (κ1) is 17.7. The lowest BCUT2D eigenvalue weighted by molar-refractivity contribution is 0.209. The van der Waals surface area contributed by atoms with Crippen LogP contribution in [0.15, 0.2) is 29.2 Å². The Morgan fingerprint density at radius 1 is 1.20 bits per heavy atom. The summed E-state index contributed by atoms with van der Waals surface area (Å²) < 4.78 is 1.20. The zero-order valence-electron chi connectivity index (χ0n) is 14.7. The molecule has 3 heterocycles. The molecular weight excluding hydrogens is 340 g/mol. The quantitative estimate of drug-likeness (QED) is 0.898. The van der Waals surface area contributed by atoms with Crippen molar-refractivity contribution in [3.8, 4) is 0 Å². The molecule has 1 fully saturated rings.